The molecule has 0 aliphatic carbocycles. The van der Waals surface area contributed by atoms with Gasteiger partial charge in [0.05, 0.1) is 5.69 Å². The molecule has 0 spiro atoms. The van der Waals surface area contributed by atoms with Crippen molar-refractivity contribution >= 4 is 15.9 Å². The average Bonchev–Trinajstić information content (AvgIpc) is 2.77. The van der Waals surface area contributed by atoms with E-state index in [1.54, 1.807) is 6.20 Å². The SMILES string of the molecule is Cn1nccc1CNCCOc1ccc(Br)cc1. The van der Waals surface area contributed by atoms with Gasteiger partial charge in [-0.15, -0.1) is 0 Å². The molecule has 4 nitrogen and oxygen atoms in total. The molecule has 0 saturated carbocycles. The first-order valence-corrected chi connectivity index (χ1v) is 6.61. The normalized spacial score (nSPS) is 10.6. The van der Waals surface area contributed by atoms with Crippen LogP contribution >= 0.6 is 15.9 Å². The second-order valence-corrected chi connectivity index (χ2v) is 4.84. The van der Waals surface area contributed by atoms with E-state index >= 15 is 0 Å². The monoisotopic (exact) mass is 309 g/mol. The van der Waals surface area contributed by atoms with E-state index in [-0.39, 0.29) is 0 Å². The maximum Gasteiger partial charge on any atom is 0.119 e. The first-order valence-electron chi connectivity index (χ1n) is 5.81. The number of rotatable bonds is 6. The van der Waals surface area contributed by atoms with Crippen LogP contribution in [0.3, 0.4) is 0 Å². The molecule has 0 bridgehead atoms. The number of nitrogens with one attached hydrogen (secondary N) is 1. The second-order valence-electron chi connectivity index (χ2n) is 3.93. The van der Waals surface area contributed by atoms with E-state index in [0.29, 0.717) is 6.61 Å². The summed E-state index contributed by atoms with van der Waals surface area (Å²) in [5, 5.41) is 7.43. The molecule has 0 fully saturated rings. The number of benzene rings is 1. The molecule has 5 heteroatoms. The first kappa shape index (κ1) is 13.1. The fourth-order valence-corrected chi connectivity index (χ4v) is 1.83. The molecule has 0 unspecified atom stereocenters. The van der Waals surface area contributed by atoms with Gasteiger partial charge in [-0.25, -0.2) is 0 Å². The number of aromatic nitrogens is 2. The number of aryl methyl sites for hydroxylation is 1. The summed E-state index contributed by atoms with van der Waals surface area (Å²) in [5.41, 5.74) is 1.17. The Balaban J connectivity index is 1.64. The van der Waals surface area contributed by atoms with Crippen LogP contribution in [0.25, 0.3) is 0 Å². The Kier molecular flexibility index (Phi) is 4.78. The zero-order valence-electron chi connectivity index (χ0n) is 10.3. The summed E-state index contributed by atoms with van der Waals surface area (Å²) >= 11 is 3.39. The fraction of sp³-hybridized carbons (Fsp3) is 0.308. The molecule has 1 heterocycles. The summed E-state index contributed by atoms with van der Waals surface area (Å²) in [7, 11) is 1.94. The van der Waals surface area contributed by atoms with Crippen LogP contribution in [-0.4, -0.2) is 22.9 Å². The molecule has 1 aromatic heterocycles. The van der Waals surface area contributed by atoms with Crippen molar-refractivity contribution in [3.05, 3.63) is 46.7 Å². The number of hydrogen-bond donors (Lipinski definition) is 1. The van der Waals surface area contributed by atoms with Gasteiger partial charge in [-0.05, 0) is 30.3 Å². The lowest BCUT2D eigenvalue weighted by Gasteiger charge is -2.07. The quantitative estimate of drug-likeness (QED) is 0.833. The first-order chi connectivity index (χ1) is 8.75. The lowest BCUT2D eigenvalue weighted by molar-refractivity contribution is 0.313. The summed E-state index contributed by atoms with van der Waals surface area (Å²) in [4.78, 5) is 0. The van der Waals surface area contributed by atoms with Crippen LogP contribution in [0.2, 0.25) is 0 Å². The second kappa shape index (κ2) is 6.56. The standard InChI is InChI=1S/C13H16BrN3O/c1-17-12(6-7-16-17)10-15-8-9-18-13-4-2-11(14)3-5-13/h2-7,15H,8-10H2,1H3. The zero-order valence-corrected chi connectivity index (χ0v) is 11.9. The molecule has 0 aliphatic rings. The average molecular weight is 310 g/mol. The molecule has 1 aromatic carbocycles. The number of nitrogens with zero attached hydrogens (tertiary/aromatic N) is 2. The van der Waals surface area contributed by atoms with Crippen LogP contribution in [0, 0.1) is 0 Å². The van der Waals surface area contributed by atoms with Gasteiger partial charge in [0.2, 0.25) is 0 Å². The van der Waals surface area contributed by atoms with Crippen molar-refractivity contribution in [2.45, 2.75) is 6.54 Å². The van der Waals surface area contributed by atoms with Crippen molar-refractivity contribution in [2.75, 3.05) is 13.2 Å². The third kappa shape index (κ3) is 3.85. The lowest BCUT2D eigenvalue weighted by atomic mass is 10.3. The molecule has 2 aromatic rings. The maximum atomic E-state index is 5.60. The summed E-state index contributed by atoms with van der Waals surface area (Å²) < 4.78 is 8.53. The van der Waals surface area contributed by atoms with Crippen LogP contribution < -0.4 is 10.1 Å². The molecule has 0 radical (unpaired) electrons. The van der Waals surface area contributed by atoms with E-state index in [2.05, 4.69) is 26.3 Å². The largest absolute Gasteiger partial charge is 0.492 e. The third-order valence-corrected chi connectivity index (χ3v) is 3.12. The Morgan fingerprint density at radius 1 is 1.28 bits per heavy atom. The molecule has 2 rings (SSSR count). The van der Waals surface area contributed by atoms with E-state index in [4.69, 9.17) is 4.74 Å². The van der Waals surface area contributed by atoms with Crippen molar-refractivity contribution in [1.82, 2.24) is 15.1 Å². The Labute approximate surface area is 115 Å². The van der Waals surface area contributed by atoms with Gasteiger partial charge >= 0.3 is 0 Å². The van der Waals surface area contributed by atoms with Gasteiger partial charge in [0.1, 0.15) is 12.4 Å². The van der Waals surface area contributed by atoms with Crippen LogP contribution in [0.15, 0.2) is 41.0 Å². The van der Waals surface area contributed by atoms with Crippen LogP contribution in [0.4, 0.5) is 0 Å². The van der Waals surface area contributed by atoms with Crippen molar-refractivity contribution in [1.29, 1.82) is 0 Å². The molecule has 96 valence electrons. The van der Waals surface area contributed by atoms with Crippen molar-refractivity contribution in [2.24, 2.45) is 7.05 Å². The summed E-state index contributed by atoms with van der Waals surface area (Å²) in [6.07, 6.45) is 1.80. The number of hydrogen-bond acceptors (Lipinski definition) is 3. The van der Waals surface area contributed by atoms with Crippen LogP contribution in [-0.2, 0) is 13.6 Å². The third-order valence-electron chi connectivity index (χ3n) is 2.59. The van der Waals surface area contributed by atoms with Crippen LogP contribution in [0.5, 0.6) is 5.75 Å². The molecule has 0 atom stereocenters. The van der Waals surface area contributed by atoms with Gasteiger partial charge in [0.15, 0.2) is 0 Å². The number of ether oxygens (including phenoxy) is 1. The minimum Gasteiger partial charge on any atom is -0.492 e. The summed E-state index contributed by atoms with van der Waals surface area (Å²) in [5.74, 6) is 0.889. The molecule has 18 heavy (non-hydrogen) atoms. The van der Waals surface area contributed by atoms with Gasteiger partial charge in [-0.3, -0.25) is 4.68 Å². The highest BCUT2D eigenvalue weighted by Gasteiger charge is 1.97. The highest BCUT2D eigenvalue weighted by molar-refractivity contribution is 9.10. The van der Waals surface area contributed by atoms with E-state index in [9.17, 15) is 0 Å². The minimum absolute atomic E-state index is 0.652. The van der Waals surface area contributed by atoms with E-state index in [0.717, 1.165) is 23.3 Å². The fourth-order valence-electron chi connectivity index (χ4n) is 1.56. The lowest BCUT2D eigenvalue weighted by Crippen LogP contribution is -2.21. The number of halogens is 1. The molecular weight excluding hydrogens is 294 g/mol. The Morgan fingerprint density at radius 2 is 2.06 bits per heavy atom. The van der Waals surface area contributed by atoms with Crippen molar-refractivity contribution in [3.63, 3.8) is 0 Å². The summed E-state index contributed by atoms with van der Waals surface area (Å²) in [6.45, 7) is 2.26. The van der Waals surface area contributed by atoms with Gasteiger partial charge in [-0.1, -0.05) is 15.9 Å². The molecule has 1 N–H and O–H groups in total. The van der Waals surface area contributed by atoms with E-state index in [1.807, 2.05) is 42.1 Å². The Bertz CT molecular complexity index is 481. The topological polar surface area (TPSA) is 39.1 Å². The predicted octanol–water partition coefficient (Wildman–Crippen LogP) is 2.35. The van der Waals surface area contributed by atoms with E-state index < -0.39 is 0 Å². The molecule has 0 saturated heterocycles. The van der Waals surface area contributed by atoms with Crippen molar-refractivity contribution in [3.8, 4) is 5.75 Å². The van der Waals surface area contributed by atoms with Crippen molar-refractivity contribution < 1.29 is 4.74 Å². The van der Waals surface area contributed by atoms with Gasteiger partial charge in [0.25, 0.3) is 0 Å². The highest BCUT2D eigenvalue weighted by atomic mass is 79.9. The smallest absolute Gasteiger partial charge is 0.119 e. The van der Waals surface area contributed by atoms with E-state index in [1.165, 1.54) is 5.69 Å². The minimum atomic E-state index is 0.652. The van der Waals surface area contributed by atoms with Gasteiger partial charge in [0, 0.05) is 30.8 Å². The van der Waals surface area contributed by atoms with Gasteiger partial charge in [-0.2, -0.15) is 5.10 Å². The maximum absolute atomic E-state index is 5.60. The van der Waals surface area contributed by atoms with Gasteiger partial charge < -0.3 is 10.1 Å². The molecular formula is C13H16BrN3O. The highest BCUT2D eigenvalue weighted by Crippen LogP contribution is 2.15. The van der Waals surface area contributed by atoms with Crippen LogP contribution in [0.1, 0.15) is 5.69 Å². The Morgan fingerprint density at radius 3 is 2.72 bits per heavy atom. The molecule has 0 aliphatic heterocycles. The summed E-state index contributed by atoms with van der Waals surface area (Å²) in [6, 6.07) is 9.84. The Hall–Kier alpha value is -1.33. The molecule has 0 amide bonds. The predicted molar refractivity (Wildman–Crippen MR) is 74.6 cm³/mol. The zero-order chi connectivity index (χ0) is 12.8.